The first-order valence-electron chi connectivity index (χ1n) is 28.9. The molecule has 0 radical (unpaired) electrons. The smallest absolute Gasteiger partial charge is 0.249 e. The van der Waals surface area contributed by atoms with E-state index in [1.54, 1.807) is 0 Å². The van der Waals surface area contributed by atoms with Crippen LogP contribution in [0, 0.1) is 0 Å². The van der Waals surface area contributed by atoms with Crippen molar-refractivity contribution in [2.75, 3.05) is 13.2 Å². The lowest BCUT2D eigenvalue weighted by Gasteiger charge is -2.40. The maximum Gasteiger partial charge on any atom is 0.249 e. The van der Waals surface area contributed by atoms with Crippen LogP contribution in [0.4, 0.5) is 0 Å². The van der Waals surface area contributed by atoms with Crippen molar-refractivity contribution in [3.05, 3.63) is 36.5 Å². The number of carbonyl (C=O) groups is 1. The van der Waals surface area contributed by atoms with E-state index in [-0.39, 0.29) is 12.8 Å². The predicted molar refractivity (Wildman–Crippen MR) is 284 cm³/mol. The molecule has 1 fully saturated rings. The van der Waals surface area contributed by atoms with E-state index >= 15 is 0 Å². The summed E-state index contributed by atoms with van der Waals surface area (Å²) in [6, 6.07) is -1.19. The van der Waals surface area contributed by atoms with Crippen molar-refractivity contribution in [3.63, 3.8) is 0 Å². The van der Waals surface area contributed by atoms with Gasteiger partial charge in [-0.15, -0.1) is 0 Å². The van der Waals surface area contributed by atoms with Gasteiger partial charge in [-0.25, -0.2) is 0 Å². The number of aliphatic hydroxyl groups is 7. The highest BCUT2D eigenvalue weighted by molar-refractivity contribution is 5.80. The highest BCUT2D eigenvalue weighted by atomic mass is 16.7. The second-order valence-electron chi connectivity index (χ2n) is 20.3. The van der Waals surface area contributed by atoms with Crippen LogP contribution < -0.4 is 5.32 Å². The molecular formula is C58H109NO10. The minimum Gasteiger partial charge on any atom is -0.394 e. The number of unbranched alkanes of at least 4 members (excludes halogenated alkanes) is 31. The molecule has 1 saturated heterocycles. The van der Waals surface area contributed by atoms with Gasteiger partial charge >= 0.3 is 0 Å². The van der Waals surface area contributed by atoms with E-state index in [0.29, 0.717) is 19.3 Å². The maximum atomic E-state index is 13.2. The highest BCUT2D eigenvalue weighted by Crippen LogP contribution is 2.23. The van der Waals surface area contributed by atoms with Crippen molar-refractivity contribution in [1.82, 2.24) is 5.32 Å². The van der Waals surface area contributed by atoms with Gasteiger partial charge in [-0.3, -0.25) is 4.79 Å². The molecule has 8 N–H and O–H groups in total. The van der Waals surface area contributed by atoms with Crippen LogP contribution in [0.25, 0.3) is 0 Å². The summed E-state index contributed by atoms with van der Waals surface area (Å²) >= 11 is 0. The Labute approximate surface area is 422 Å². The Morgan fingerprint density at radius 3 is 1.29 bits per heavy atom. The summed E-state index contributed by atoms with van der Waals surface area (Å²) < 4.78 is 11.1. The Hall–Kier alpha value is -1.67. The molecule has 1 rings (SSSR count). The molecule has 9 atom stereocenters. The number of ether oxygens (including phenoxy) is 2. The number of rotatable bonds is 49. The normalized spacial score (nSPS) is 20.6. The molecule has 0 saturated carbocycles. The van der Waals surface area contributed by atoms with Crippen LogP contribution in [-0.4, -0.2) is 110 Å². The van der Waals surface area contributed by atoms with Gasteiger partial charge < -0.3 is 50.5 Å². The molecule has 9 unspecified atom stereocenters. The Balaban J connectivity index is 2.36. The van der Waals surface area contributed by atoms with Gasteiger partial charge in [-0.2, -0.15) is 0 Å². The number of allylic oxidation sites excluding steroid dienone is 6. The zero-order valence-electron chi connectivity index (χ0n) is 44.3. The Morgan fingerprint density at radius 1 is 0.493 bits per heavy atom. The van der Waals surface area contributed by atoms with Crippen molar-refractivity contribution in [1.29, 1.82) is 0 Å². The molecule has 0 aliphatic carbocycles. The first-order chi connectivity index (χ1) is 33.7. The first-order valence-corrected chi connectivity index (χ1v) is 28.9. The lowest BCUT2D eigenvalue weighted by molar-refractivity contribution is -0.303. The molecular weight excluding hydrogens is 871 g/mol. The lowest BCUT2D eigenvalue weighted by Crippen LogP contribution is -2.60. The number of nitrogens with one attached hydrogen (secondary N) is 1. The monoisotopic (exact) mass is 980 g/mol. The SMILES string of the molecule is CCCCCCCCCCCC/C=C/CC/C=C/CC/C=C/CCCC(O)C(O)C(COC1OC(CO)C(O)C(O)C1O)NC(=O)C(O)CCCCCCCCCCCCCCCCCCCCC. The fraction of sp³-hybridized carbons (Fsp3) is 0.879. The number of hydrogen-bond acceptors (Lipinski definition) is 10. The third-order valence-electron chi connectivity index (χ3n) is 13.9. The summed E-state index contributed by atoms with van der Waals surface area (Å²) in [6.07, 6.45) is 46.2. The number of amides is 1. The van der Waals surface area contributed by atoms with E-state index in [2.05, 4.69) is 55.6 Å². The topological polar surface area (TPSA) is 189 Å². The van der Waals surface area contributed by atoms with Crippen LogP contribution in [0.15, 0.2) is 36.5 Å². The van der Waals surface area contributed by atoms with Gasteiger partial charge in [0, 0.05) is 0 Å². The predicted octanol–water partition coefficient (Wildman–Crippen LogP) is 11.9. The molecule has 1 heterocycles. The first kappa shape index (κ1) is 65.3. The molecule has 0 aromatic heterocycles. The summed E-state index contributed by atoms with van der Waals surface area (Å²) in [6.45, 7) is 3.46. The van der Waals surface area contributed by atoms with Gasteiger partial charge in [-0.05, 0) is 64.2 Å². The molecule has 11 heteroatoms. The Bertz CT molecular complexity index is 1210. The van der Waals surface area contributed by atoms with Crippen LogP contribution in [0.5, 0.6) is 0 Å². The van der Waals surface area contributed by atoms with Crippen molar-refractivity contribution in [2.24, 2.45) is 0 Å². The molecule has 1 aliphatic heterocycles. The van der Waals surface area contributed by atoms with Crippen molar-refractivity contribution in [3.8, 4) is 0 Å². The Kier molecular flexibility index (Phi) is 44.8. The van der Waals surface area contributed by atoms with Gasteiger partial charge in [0.1, 0.15) is 36.6 Å². The van der Waals surface area contributed by atoms with E-state index in [1.165, 1.54) is 167 Å². The summed E-state index contributed by atoms with van der Waals surface area (Å²) in [4.78, 5) is 13.2. The molecule has 0 aromatic rings. The van der Waals surface area contributed by atoms with Crippen LogP contribution in [0.1, 0.15) is 258 Å². The summed E-state index contributed by atoms with van der Waals surface area (Å²) in [7, 11) is 0. The van der Waals surface area contributed by atoms with Gasteiger partial charge in [0.25, 0.3) is 0 Å². The minimum absolute atomic E-state index is 0.243. The molecule has 0 spiro atoms. The second-order valence-corrected chi connectivity index (χ2v) is 20.3. The lowest BCUT2D eigenvalue weighted by atomic mass is 9.98. The van der Waals surface area contributed by atoms with Crippen LogP contribution in [0.3, 0.4) is 0 Å². The van der Waals surface area contributed by atoms with Crippen molar-refractivity contribution >= 4 is 5.91 Å². The average Bonchev–Trinajstić information content (AvgIpc) is 3.35. The molecule has 1 amide bonds. The maximum absolute atomic E-state index is 13.2. The van der Waals surface area contributed by atoms with E-state index in [4.69, 9.17) is 9.47 Å². The number of hydrogen-bond donors (Lipinski definition) is 8. The molecule has 1 aliphatic rings. The van der Waals surface area contributed by atoms with Crippen LogP contribution >= 0.6 is 0 Å². The zero-order chi connectivity index (χ0) is 50.4. The quantitative estimate of drug-likeness (QED) is 0.0215. The Morgan fingerprint density at radius 2 is 0.870 bits per heavy atom. The second kappa shape index (κ2) is 47.3. The third kappa shape index (κ3) is 36.0. The van der Waals surface area contributed by atoms with Crippen LogP contribution in [-0.2, 0) is 14.3 Å². The minimum atomic E-state index is -1.67. The fourth-order valence-corrected chi connectivity index (χ4v) is 9.18. The van der Waals surface area contributed by atoms with Crippen molar-refractivity contribution in [2.45, 2.75) is 313 Å². The number of carbonyl (C=O) groups excluding carboxylic acids is 1. The molecule has 0 bridgehead atoms. The van der Waals surface area contributed by atoms with Gasteiger partial charge in [0.2, 0.25) is 5.91 Å². The van der Waals surface area contributed by atoms with E-state index in [1.807, 2.05) is 0 Å². The molecule has 0 aromatic carbocycles. The van der Waals surface area contributed by atoms with E-state index < -0.39 is 74.2 Å². The van der Waals surface area contributed by atoms with Gasteiger partial charge in [0.15, 0.2) is 6.29 Å². The highest BCUT2D eigenvalue weighted by Gasteiger charge is 2.44. The number of aliphatic hydroxyl groups excluding tert-OH is 7. The third-order valence-corrected chi connectivity index (χ3v) is 13.9. The average molecular weight is 981 g/mol. The fourth-order valence-electron chi connectivity index (χ4n) is 9.18. The standard InChI is InChI=1S/C58H109NO10/c1-3-5-7-9-11-13-15-17-19-21-23-24-25-26-28-29-31-33-35-37-39-41-43-45-50(61)53(63)49(48-68-58-56(66)55(65)54(64)52(47-60)69-58)59-57(67)51(62)46-44-42-40-38-36-34-32-30-27-22-20-18-16-14-12-10-8-6-4-2/h24-25,29,31,37,39,49-56,58,60-66H,3-23,26-28,30,32-36,38,40-48H2,1-2H3,(H,59,67)/b25-24+,31-29+,39-37+. The van der Waals surface area contributed by atoms with Gasteiger partial charge in [0.05, 0.1) is 25.4 Å². The van der Waals surface area contributed by atoms with Crippen LogP contribution in [0.2, 0.25) is 0 Å². The summed E-state index contributed by atoms with van der Waals surface area (Å²) in [5.41, 5.74) is 0. The largest absolute Gasteiger partial charge is 0.394 e. The van der Waals surface area contributed by atoms with E-state index in [9.17, 15) is 40.5 Å². The summed E-state index contributed by atoms with van der Waals surface area (Å²) in [5.74, 6) is -0.709. The van der Waals surface area contributed by atoms with Gasteiger partial charge in [-0.1, -0.05) is 230 Å². The van der Waals surface area contributed by atoms with E-state index in [0.717, 1.165) is 44.9 Å². The summed E-state index contributed by atoms with van der Waals surface area (Å²) in [5, 5.41) is 76.1. The molecule has 69 heavy (non-hydrogen) atoms. The zero-order valence-corrected chi connectivity index (χ0v) is 44.3. The molecule has 11 nitrogen and oxygen atoms in total. The van der Waals surface area contributed by atoms with Crippen molar-refractivity contribution < 1.29 is 50.0 Å². The molecule has 406 valence electrons.